The molecule has 90 valence electrons. The molecule has 2 aromatic rings. The van der Waals surface area contributed by atoms with E-state index in [1.165, 1.54) is 10.9 Å². The maximum absolute atomic E-state index is 10.6. The van der Waals surface area contributed by atoms with Crippen LogP contribution in [0.3, 0.4) is 0 Å². The minimum Gasteiger partial charge on any atom is -0.465 e. The number of nitriles is 1. The summed E-state index contributed by atoms with van der Waals surface area (Å²) in [5, 5.41) is 23.6. The molecular weight excluding hydrogens is 232 g/mol. The van der Waals surface area contributed by atoms with Crippen LogP contribution in [0.4, 0.5) is 10.6 Å². The molecule has 0 unspecified atom stereocenters. The van der Waals surface area contributed by atoms with E-state index in [2.05, 4.69) is 10.4 Å². The van der Waals surface area contributed by atoms with Crippen LogP contribution >= 0.6 is 0 Å². The lowest BCUT2D eigenvalue weighted by Gasteiger charge is -2.07. The molecule has 0 bridgehead atoms. The van der Waals surface area contributed by atoms with E-state index in [9.17, 15) is 4.79 Å². The second-order valence-corrected chi connectivity index (χ2v) is 3.61. The van der Waals surface area contributed by atoms with E-state index in [0.29, 0.717) is 17.9 Å². The van der Waals surface area contributed by atoms with Crippen LogP contribution in [0.15, 0.2) is 36.5 Å². The molecule has 2 rings (SSSR count). The maximum Gasteiger partial charge on any atom is 0.410 e. The molecular formula is C12H10N4O2. The quantitative estimate of drug-likeness (QED) is 0.859. The van der Waals surface area contributed by atoms with Gasteiger partial charge in [-0.15, -0.1) is 0 Å². The van der Waals surface area contributed by atoms with Gasteiger partial charge < -0.3 is 5.11 Å². The summed E-state index contributed by atoms with van der Waals surface area (Å²) < 4.78 is 1.54. The molecule has 1 heterocycles. The molecule has 0 radical (unpaired) electrons. The fraction of sp³-hybridized carbons (Fsp3) is 0.0833. The maximum atomic E-state index is 10.6. The highest BCUT2D eigenvalue weighted by atomic mass is 16.4. The smallest absolute Gasteiger partial charge is 0.410 e. The molecule has 2 N–H and O–H groups in total. The lowest BCUT2D eigenvalue weighted by molar-refractivity contribution is 0.209. The van der Waals surface area contributed by atoms with E-state index < -0.39 is 6.09 Å². The van der Waals surface area contributed by atoms with Crippen LogP contribution in [0.2, 0.25) is 0 Å². The van der Waals surface area contributed by atoms with Gasteiger partial charge in [0.25, 0.3) is 0 Å². The van der Waals surface area contributed by atoms with E-state index in [-0.39, 0.29) is 0 Å². The molecule has 6 nitrogen and oxygen atoms in total. The number of aromatic nitrogens is 2. The van der Waals surface area contributed by atoms with Gasteiger partial charge in [0.15, 0.2) is 0 Å². The van der Waals surface area contributed by atoms with Crippen molar-refractivity contribution in [3.8, 4) is 6.07 Å². The fourth-order valence-electron chi connectivity index (χ4n) is 1.53. The van der Waals surface area contributed by atoms with E-state index in [1.54, 1.807) is 18.2 Å². The number of hydrogen-bond donors (Lipinski definition) is 2. The Hall–Kier alpha value is -2.81. The third-order valence-corrected chi connectivity index (χ3v) is 2.37. The van der Waals surface area contributed by atoms with Crippen molar-refractivity contribution in [1.29, 1.82) is 5.26 Å². The molecule has 1 aromatic heterocycles. The first-order valence-electron chi connectivity index (χ1n) is 5.20. The second-order valence-electron chi connectivity index (χ2n) is 3.61. The fourth-order valence-corrected chi connectivity index (χ4v) is 1.53. The monoisotopic (exact) mass is 242 g/mol. The second kappa shape index (κ2) is 5.01. The minimum absolute atomic E-state index is 0.409. The predicted molar refractivity (Wildman–Crippen MR) is 64.1 cm³/mol. The Morgan fingerprint density at radius 1 is 1.39 bits per heavy atom. The Labute approximate surface area is 103 Å². The molecule has 18 heavy (non-hydrogen) atoms. The third kappa shape index (κ3) is 2.65. The summed E-state index contributed by atoms with van der Waals surface area (Å²) >= 11 is 0. The summed E-state index contributed by atoms with van der Waals surface area (Å²) in [6.07, 6.45) is 0.395. The molecule has 0 aliphatic carbocycles. The molecule has 0 saturated heterocycles. The lowest BCUT2D eigenvalue weighted by atomic mass is 10.1. The number of nitrogens with one attached hydrogen (secondary N) is 1. The topological polar surface area (TPSA) is 90.9 Å². The van der Waals surface area contributed by atoms with E-state index in [4.69, 9.17) is 10.4 Å². The number of benzene rings is 1. The minimum atomic E-state index is -1.13. The molecule has 0 fully saturated rings. The number of rotatable bonds is 3. The van der Waals surface area contributed by atoms with Gasteiger partial charge >= 0.3 is 6.09 Å². The van der Waals surface area contributed by atoms with Crippen LogP contribution in [-0.2, 0) is 6.54 Å². The first-order chi connectivity index (χ1) is 8.69. The van der Waals surface area contributed by atoms with E-state index >= 15 is 0 Å². The number of nitrogens with zero attached hydrogens (tertiary/aromatic N) is 3. The first-order valence-corrected chi connectivity index (χ1v) is 5.20. The number of carbonyl (C=O) groups is 1. The van der Waals surface area contributed by atoms with E-state index in [0.717, 1.165) is 5.56 Å². The molecule has 0 saturated carbocycles. The summed E-state index contributed by atoms with van der Waals surface area (Å²) in [7, 11) is 0. The van der Waals surface area contributed by atoms with Crippen molar-refractivity contribution in [2.24, 2.45) is 0 Å². The van der Waals surface area contributed by atoms with Gasteiger partial charge in [0, 0.05) is 6.07 Å². The highest BCUT2D eigenvalue weighted by Gasteiger charge is 2.05. The predicted octanol–water partition coefficient (Wildman–Crippen LogP) is 1.89. The summed E-state index contributed by atoms with van der Waals surface area (Å²) in [4.78, 5) is 10.6. The van der Waals surface area contributed by atoms with Crippen LogP contribution < -0.4 is 5.32 Å². The van der Waals surface area contributed by atoms with Crippen LogP contribution in [0.25, 0.3) is 0 Å². The Balaban J connectivity index is 2.16. The van der Waals surface area contributed by atoms with Crippen LogP contribution in [0.1, 0.15) is 11.1 Å². The standard InChI is InChI=1S/C12H10N4O2/c13-7-9-1-3-10(4-2-9)8-16-11(5-6-14-16)15-12(17)18/h1-6,15H,8H2,(H,17,18). The molecule has 0 aliphatic heterocycles. The summed E-state index contributed by atoms with van der Waals surface area (Å²) in [5.41, 5.74) is 1.52. The number of amides is 1. The van der Waals surface area contributed by atoms with Crippen molar-refractivity contribution < 1.29 is 9.90 Å². The van der Waals surface area contributed by atoms with Crippen molar-refractivity contribution in [3.05, 3.63) is 47.7 Å². The Kier molecular flexibility index (Phi) is 3.25. The highest BCUT2D eigenvalue weighted by Crippen LogP contribution is 2.10. The average Bonchev–Trinajstić information content (AvgIpc) is 2.77. The Bertz CT molecular complexity index is 595. The zero-order valence-corrected chi connectivity index (χ0v) is 9.37. The summed E-state index contributed by atoms with van der Waals surface area (Å²) in [6.45, 7) is 0.439. The molecule has 1 aromatic carbocycles. The van der Waals surface area contributed by atoms with Crippen LogP contribution in [0.5, 0.6) is 0 Å². The largest absolute Gasteiger partial charge is 0.465 e. The third-order valence-electron chi connectivity index (χ3n) is 2.37. The lowest BCUT2D eigenvalue weighted by Crippen LogP contribution is -2.13. The zero-order chi connectivity index (χ0) is 13.0. The van der Waals surface area contributed by atoms with Crippen molar-refractivity contribution in [2.75, 3.05) is 5.32 Å². The van der Waals surface area contributed by atoms with Crippen molar-refractivity contribution in [3.63, 3.8) is 0 Å². The van der Waals surface area contributed by atoms with Gasteiger partial charge in [-0.1, -0.05) is 12.1 Å². The van der Waals surface area contributed by atoms with Gasteiger partial charge in [-0.3, -0.25) is 5.32 Å². The van der Waals surface area contributed by atoms with Crippen molar-refractivity contribution >= 4 is 11.9 Å². The van der Waals surface area contributed by atoms with Gasteiger partial charge in [0.1, 0.15) is 5.82 Å². The molecule has 6 heteroatoms. The van der Waals surface area contributed by atoms with Crippen molar-refractivity contribution in [1.82, 2.24) is 9.78 Å². The van der Waals surface area contributed by atoms with Gasteiger partial charge in [-0.05, 0) is 17.7 Å². The number of hydrogen-bond acceptors (Lipinski definition) is 3. The van der Waals surface area contributed by atoms with Crippen molar-refractivity contribution in [2.45, 2.75) is 6.54 Å². The van der Waals surface area contributed by atoms with Crippen LogP contribution in [-0.4, -0.2) is 21.0 Å². The number of carboxylic acid groups (broad SMARTS) is 1. The molecule has 0 atom stereocenters. The molecule has 0 spiro atoms. The summed E-state index contributed by atoms with van der Waals surface area (Å²) in [6, 6.07) is 10.7. The Morgan fingerprint density at radius 2 is 2.11 bits per heavy atom. The SMILES string of the molecule is N#Cc1ccc(Cn2nccc2NC(=O)O)cc1. The Morgan fingerprint density at radius 3 is 2.72 bits per heavy atom. The highest BCUT2D eigenvalue weighted by molar-refractivity contribution is 5.81. The van der Waals surface area contributed by atoms with Gasteiger partial charge in [-0.25, -0.2) is 9.48 Å². The summed E-state index contributed by atoms with van der Waals surface area (Å²) in [5.74, 6) is 0.409. The van der Waals surface area contributed by atoms with Crippen LogP contribution in [0, 0.1) is 11.3 Å². The van der Waals surface area contributed by atoms with Gasteiger partial charge in [-0.2, -0.15) is 10.4 Å². The molecule has 1 amide bonds. The van der Waals surface area contributed by atoms with Gasteiger partial charge in [0.2, 0.25) is 0 Å². The normalized spacial score (nSPS) is 9.72. The zero-order valence-electron chi connectivity index (χ0n) is 9.37. The van der Waals surface area contributed by atoms with E-state index in [1.807, 2.05) is 18.2 Å². The average molecular weight is 242 g/mol. The molecule has 0 aliphatic rings. The number of anilines is 1. The van der Waals surface area contributed by atoms with Gasteiger partial charge in [0.05, 0.1) is 24.4 Å². The first kappa shape index (κ1) is 11.7.